The van der Waals surface area contributed by atoms with Gasteiger partial charge in [0.05, 0.1) is 0 Å². The summed E-state index contributed by atoms with van der Waals surface area (Å²) in [7, 11) is 0. The maximum absolute atomic E-state index is 9.00. The van der Waals surface area contributed by atoms with Gasteiger partial charge in [0.25, 0.3) is 11.9 Å². The zero-order valence-electron chi connectivity index (χ0n) is 5.42. The summed E-state index contributed by atoms with van der Waals surface area (Å²) in [4.78, 5) is 18.0. The minimum absolute atomic E-state index is 0. The molecule has 0 spiro atoms. The van der Waals surface area contributed by atoms with E-state index in [1.807, 2.05) is 0 Å². The van der Waals surface area contributed by atoms with Crippen LogP contribution in [0.2, 0.25) is 0 Å². The van der Waals surface area contributed by atoms with Crippen molar-refractivity contribution in [2.75, 3.05) is 0 Å². The van der Waals surface area contributed by atoms with E-state index >= 15 is 0 Å². The molecule has 0 amide bonds. The van der Waals surface area contributed by atoms with Crippen LogP contribution in [0.25, 0.3) is 0 Å². The van der Waals surface area contributed by atoms with Gasteiger partial charge in [-0.05, 0) is 0 Å². The molecule has 0 saturated heterocycles. The van der Waals surface area contributed by atoms with Gasteiger partial charge in [0.2, 0.25) is 0 Å². The molecule has 0 aliphatic heterocycles. The van der Waals surface area contributed by atoms with E-state index < -0.39 is 11.9 Å². The quantitative estimate of drug-likeness (QED) is 0.418. The Hall–Kier alpha value is 1.43. The van der Waals surface area contributed by atoms with Crippen molar-refractivity contribution in [2.24, 2.45) is 0 Å². The molecule has 0 rings (SSSR count). The van der Waals surface area contributed by atoms with Gasteiger partial charge in [0.15, 0.2) is 0 Å². The molecule has 0 saturated carbocycles. The average molecular weight is 469 g/mol. The number of carbonyl (C=O) groups is 2. The van der Waals surface area contributed by atoms with E-state index in [9.17, 15) is 0 Å². The van der Waals surface area contributed by atoms with Crippen LogP contribution in [0.1, 0.15) is 13.8 Å². The van der Waals surface area contributed by atoms with Crippen molar-refractivity contribution in [2.45, 2.75) is 13.8 Å². The minimum atomic E-state index is -0.833. The summed E-state index contributed by atoms with van der Waals surface area (Å²) in [6.45, 7) is 2.17. The zero-order chi connectivity index (χ0) is 7.15. The van der Waals surface area contributed by atoms with Gasteiger partial charge >= 0.3 is 76.2 Å². The van der Waals surface area contributed by atoms with Crippen molar-refractivity contribution in [3.8, 4) is 0 Å². The van der Waals surface area contributed by atoms with Gasteiger partial charge in [-0.3, -0.25) is 9.59 Å². The fraction of sp³-hybridized carbons (Fsp3) is 0.500. The van der Waals surface area contributed by atoms with Crippen molar-refractivity contribution in [3.05, 3.63) is 0 Å². The Morgan fingerprint density at radius 2 is 1.00 bits per heavy atom. The Labute approximate surface area is 120 Å². The van der Waals surface area contributed by atoms with Gasteiger partial charge in [0, 0.05) is 13.8 Å². The maximum atomic E-state index is 9.00. The predicted octanol–water partition coefficient (Wildman–Crippen LogP) is -1.65. The van der Waals surface area contributed by atoms with E-state index in [4.69, 9.17) is 19.8 Å². The average Bonchev–Trinajstić information content (AvgIpc) is 1.25. The van der Waals surface area contributed by atoms with E-state index in [1.54, 1.807) is 0 Å². The third-order valence-electron chi connectivity index (χ3n) is 0. The summed E-state index contributed by atoms with van der Waals surface area (Å²) in [5.74, 6) is -1.67. The third-order valence-corrected chi connectivity index (χ3v) is 0. The van der Waals surface area contributed by atoms with Crippen LogP contribution >= 0.6 is 0 Å². The standard InChI is InChI=1S/2C2H4O2.Ba.Pb.4H/c2*1-2(3)4;;;;;;/h2*1H3,(H,3,4);;;;;;. The number of rotatable bonds is 0. The van der Waals surface area contributed by atoms with Crippen LogP contribution in [-0.2, 0) is 9.59 Å². The summed E-state index contributed by atoms with van der Waals surface area (Å²) in [5, 5.41) is 14.8. The first-order valence-corrected chi connectivity index (χ1v) is 1.86. The van der Waals surface area contributed by atoms with Crippen LogP contribution in [0.5, 0.6) is 0 Å². The molecule has 0 aromatic heterocycles. The Bertz CT molecular complexity index is 75.3. The number of aliphatic carboxylic acids is 2. The van der Waals surface area contributed by atoms with Gasteiger partial charge in [0.1, 0.15) is 0 Å². The van der Waals surface area contributed by atoms with Gasteiger partial charge in [-0.25, -0.2) is 0 Å². The molecule has 0 atom stereocenters. The van der Waals surface area contributed by atoms with Crippen LogP contribution in [-0.4, -0.2) is 98.3 Å². The van der Waals surface area contributed by atoms with Gasteiger partial charge in [-0.2, -0.15) is 0 Å². The second kappa shape index (κ2) is 16.8. The fourth-order valence-corrected chi connectivity index (χ4v) is 0. The Balaban J connectivity index is -0.0000000300. The third kappa shape index (κ3) is 327. The molecule has 0 bridgehead atoms. The summed E-state index contributed by atoms with van der Waals surface area (Å²) in [6.07, 6.45) is 0. The zero-order valence-corrected chi connectivity index (χ0v) is 10.9. The molecule has 0 aromatic carbocycles. The molecular weight excluding hydrogens is 457 g/mol. The van der Waals surface area contributed by atoms with E-state index in [2.05, 4.69) is 0 Å². The monoisotopic (exact) mass is 470 g/mol. The topological polar surface area (TPSA) is 74.6 Å². The van der Waals surface area contributed by atoms with Crippen molar-refractivity contribution in [1.29, 1.82) is 0 Å². The van der Waals surface area contributed by atoms with Crippen LogP contribution in [0.3, 0.4) is 0 Å². The molecule has 0 heterocycles. The Kier molecular flexibility index (Phi) is 37.8. The Morgan fingerprint density at radius 1 is 1.00 bits per heavy atom. The number of hydrogen-bond donors (Lipinski definition) is 2. The number of carboxylic acids is 2. The van der Waals surface area contributed by atoms with E-state index in [-0.39, 0.29) is 76.2 Å². The van der Waals surface area contributed by atoms with Gasteiger partial charge in [-0.15, -0.1) is 0 Å². The Morgan fingerprint density at radius 3 is 1.00 bits per heavy atom. The van der Waals surface area contributed by atoms with Crippen LogP contribution < -0.4 is 0 Å². The van der Waals surface area contributed by atoms with Crippen molar-refractivity contribution in [1.82, 2.24) is 0 Å². The molecule has 0 fully saturated rings. The predicted molar refractivity (Wildman–Crippen MR) is 43.7 cm³/mol. The van der Waals surface area contributed by atoms with E-state index in [0.717, 1.165) is 13.8 Å². The summed E-state index contributed by atoms with van der Waals surface area (Å²) in [5.41, 5.74) is 0. The normalized spacial score (nSPS) is 5.00. The number of carboxylic acid groups (broad SMARTS) is 2. The van der Waals surface area contributed by atoms with Crippen LogP contribution in [0, 0.1) is 0 Å². The molecule has 2 N–H and O–H groups in total. The number of hydrogen-bond acceptors (Lipinski definition) is 2. The second-order valence-corrected chi connectivity index (χ2v) is 1.04. The summed E-state index contributed by atoms with van der Waals surface area (Å²) < 4.78 is 0. The van der Waals surface area contributed by atoms with Crippen LogP contribution in [0.15, 0.2) is 0 Å². The molecule has 4 nitrogen and oxygen atoms in total. The molecule has 10 heavy (non-hydrogen) atoms. The molecule has 0 aromatic rings. The van der Waals surface area contributed by atoms with Crippen molar-refractivity contribution >= 4 is 88.1 Å². The van der Waals surface area contributed by atoms with E-state index in [1.165, 1.54) is 0 Å². The van der Waals surface area contributed by atoms with Gasteiger partial charge in [-0.1, -0.05) is 0 Å². The molecule has 0 aliphatic rings. The molecule has 0 unspecified atom stereocenters. The molecule has 58 valence electrons. The first-order chi connectivity index (χ1) is 3.46. The van der Waals surface area contributed by atoms with Gasteiger partial charge < -0.3 is 10.2 Å². The fourth-order valence-electron chi connectivity index (χ4n) is 0. The SMILES string of the molecule is CC(=O)O.CC(=O)O.[BaH2].[PbH2]. The summed E-state index contributed by atoms with van der Waals surface area (Å²) in [6, 6.07) is 0. The second-order valence-electron chi connectivity index (χ2n) is 1.04. The van der Waals surface area contributed by atoms with E-state index in [0.29, 0.717) is 0 Å². The molecule has 6 heteroatoms. The van der Waals surface area contributed by atoms with Crippen molar-refractivity contribution in [3.63, 3.8) is 0 Å². The molecule has 2 radical (unpaired) electrons. The first kappa shape index (κ1) is 22.5. The van der Waals surface area contributed by atoms with Crippen LogP contribution in [0.4, 0.5) is 0 Å². The van der Waals surface area contributed by atoms with Crippen molar-refractivity contribution < 1.29 is 19.8 Å². The first-order valence-electron chi connectivity index (χ1n) is 1.86. The molecular formula is C4H12BaO4Pb. The molecule has 0 aliphatic carbocycles. The summed E-state index contributed by atoms with van der Waals surface area (Å²) >= 11 is 0.